The molecule has 2 aromatic carbocycles. The highest BCUT2D eigenvalue weighted by atomic mass is 79.9. The van der Waals surface area contributed by atoms with E-state index in [9.17, 15) is 14.7 Å². The fourth-order valence-corrected chi connectivity index (χ4v) is 4.51. The number of fused-ring (bicyclic) bond motifs is 1. The minimum Gasteiger partial charge on any atom is -0.503 e. The van der Waals surface area contributed by atoms with Gasteiger partial charge in [-0.25, -0.2) is 0 Å². The SMILES string of the molecule is CN(C)c1ccc(N2C(=O)C(O)=C(C(=O)c3cc4cc(Br)ccc4o3)C2c2ccncc2)cc1. The number of pyridine rings is 1. The minimum absolute atomic E-state index is 0.0361. The van der Waals surface area contributed by atoms with E-state index in [1.54, 1.807) is 48.8 Å². The highest BCUT2D eigenvalue weighted by Crippen LogP contribution is 2.42. The van der Waals surface area contributed by atoms with Gasteiger partial charge in [-0.05, 0) is 66.2 Å². The monoisotopic (exact) mass is 517 g/mol. The number of ketones is 1. The van der Waals surface area contributed by atoms with E-state index in [2.05, 4.69) is 20.9 Å². The van der Waals surface area contributed by atoms with Gasteiger partial charge in [-0.2, -0.15) is 0 Å². The largest absolute Gasteiger partial charge is 0.503 e. The predicted molar refractivity (Wildman–Crippen MR) is 133 cm³/mol. The van der Waals surface area contributed by atoms with Crippen molar-refractivity contribution in [2.24, 2.45) is 0 Å². The van der Waals surface area contributed by atoms with Crippen LogP contribution in [0.4, 0.5) is 11.4 Å². The summed E-state index contributed by atoms with van der Waals surface area (Å²) in [6.07, 6.45) is 3.17. The zero-order valence-electron chi connectivity index (χ0n) is 18.4. The zero-order chi connectivity index (χ0) is 24.0. The maximum Gasteiger partial charge on any atom is 0.294 e. The molecule has 7 nitrogen and oxygen atoms in total. The van der Waals surface area contributed by atoms with Gasteiger partial charge in [-0.15, -0.1) is 0 Å². The normalized spacial score (nSPS) is 15.9. The van der Waals surface area contributed by atoms with E-state index in [-0.39, 0.29) is 11.3 Å². The molecule has 1 atom stereocenters. The summed E-state index contributed by atoms with van der Waals surface area (Å²) in [5, 5.41) is 11.6. The van der Waals surface area contributed by atoms with Crippen molar-refractivity contribution in [1.29, 1.82) is 0 Å². The first-order valence-corrected chi connectivity index (χ1v) is 11.3. The Kier molecular flexibility index (Phi) is 5.45. The van der Waals surface area contributed by atoms with Crippen LogP contribution in [0.5, 0.6) is 0 Å². The Morgan fingerprint density at radius 2 is 1.76 bits per heavy atom. The second-order valence-electron chi connectivity index (χ2n) is 8.15. The lowest BCUT2D eigenvalue weighted by Gasteiger charge is -2.27. The third kappa shape index (κ3) is 3.66. The van der Waals surface area contributed by atoms with E-state index < -0.39 is 23.5 Å². The topological polar surface area (TPSA) is 86.9 Å². The summed E-state index contributed by atoms with van der Waals surface area (Å²) in [6.45, 7) is 0. The Labute approximate surface area is 204 Å². The van der Waals surface area contributed by atoms with E-state index in [4.69, 9.17) is 4.42 Å². The number of rotatable bonds is 5. The third-order valence-corrected chi connectivity index (χ3v) is 6.31. The van der Waals surface area contributed by atoms with Crippen LogP contribution in [0.2, 0.25) is 0 Å². The number of furan rings is 1. The molecule has 0 fully saturated rings. The van der Waals surface area contributed by atoms with Gasteiger partial charge in [-0.3, -0.25) is 19.5 Å². The van der Waals surface area contributed by atoms with Crippen molar-refractivity contribution in [3.63, 3.8) is 0 Å². The van der Waals surface area contributed by atoms with E-state index in [1.807, 2.05) is 43.3 Å². The number of halogens is 1. The lowest BCUT2D eigenvalue weighted by atomic mass is 9.95. The summed E-state index contributed by atoms with van der Waals surface area (Å²) in [6, 6.07) is 17.0. The number of aliphatic hydroxyl groups excluding tert-OH is 1. The molecule has 8 heteroatoms. The lowest BCUT2D eigenvalue weighted by molar-refractivity contribution is -0.117. The molecule has 1 unspecified atom stereocenters. The number of carbonyl (C=O) groups excluding carboxylic acids is 2. The second kappa shape index (κ2) is 8.46. The molecule has 1 aliphatic heterocycles. The number of Topliss-reactive ketones (excluding diaryl/α,β-unsaturated/α-hetero) is 1. The number of hydrogen-bond acceptors (Lipinski definition) is 6. The Bertz CT molecular complexity index is 1440. The fourth-order valence-electron chi connectivity index (χ4n) is 4.13. The highest BCUT2D eigenvalue weighted by Gasteiger charge is 2.45. The van der Waals surface area contributed by atoms with Crippen molar-refractivity contribution in [3.8, 4) is 0 Å². The van der Waals surface area contributed by atoms with Crippen molar-refractivity contribution >= 4 is 50.0 Å². The summed E-state index contributed by atoms with van der Waals surface area (Å²) in [5.74, 6) is -1.74. The molecule has 0 saturated heterocycles. The van der Waals surface area contributed by atoms with Crippen LogP contribution in [-0.2, 0) is 4.79 Å². The Hall–Kier alpha value is -3.91. The van der Waals surface area contributed by atoms with Crippen LogP contribution < -0.4 is 9.80 Å². The van der Waals surface area contributed by atoms with Gasteiger partial charge < -0.3 is 14.4 Å². The maximum absolute atomic E-state index is 13.6. The molecule has 0 aliphatic carbocycles. The number of benzene rings is 2. The number of aromatic nitrogens is 1. The predicted octanol–water partition coefficient (Wildman–Crippen LogP) is 5.44. The smallest absolute Gasteiger partial charge is 0.294 e. The molecule has 1 amide bonds. The van der Waals surface area contributed by atoms with Gasteiger partial charge >= 0.3 is 0 Å². The van der Waals surface area contributed by atoms with Gasteiger partial charge in [0.25, 0.3) is 5.91 Å². The molecule has 4 aromatic rings. The molecular formula is C26H20BrN3O4. The molecule has 0 saturated carbocycles. The van der Waals surface area contributed by atoms with Crippen molar-refractivity contribution in [2.45, 2.75) is 6.04 Å². The van der Waals surface area contributed by atoms with Crippen LogP contribution in [-0.4, -0.2) is 35.9 Å². The Morgan fingerprint density at radius 3 is 2.44 bits per heavy atom. The first kappa shape index (κ1) is 21.9. The molecule has 1 N–H and O–H groups in total. The van der Waals surface area contributed by atoms with Crippen molar-refractivity contribution in [1.82, 2.24) is 4.98 Å². The van der Waals surface area contributed by atoms with Crippen LogP contribution in [0, 0.1) is 0 Å². The van der Waals surface area contributed by atoms with Crippen LogP contribution in [0.25, 0.3) is 11.0 Å². The number of aliphatic hydroxyl groups is 1. The molecule has 170 valence electrons. The summed E-state index contributed by atoms with van der Waals surface area (Å²) >= 11 is 3.41. The quantitative estimate of drug-likeness (QED) is 0.354. The number of hydrogen-bond donors (Lipinski definition) is 1. The van der Waals surface area contributed by atoms with Crippen LogP contribution in [0.15, 0.2) is 93.3 Å². The summed E-state index contributed by atoms with van der Waals surface area (Å²) in [4.78, 5) is 34.3. The second-order valence-corrected chi connectivity index (χ2v) is 9.07. The molecule has 1 aliphatic rings. The molecule has 3 heterocycles. The summed E-state index contributed by atoms with van der Waals surface area (Å²) in [5.41, 5.74) is 2.66. The molecule has 0 spiro atoms. The molecule has 5 rings (SSSR count). The average Bonchev–Trinajstić information content (AvgIpc) is 3.38. The first-order valence-electron chi connectivity index (χ1n) is 10.5. The minimum atomic E-state index is -0.840. The van der Waals surface area contributed by atoms with Gasteiger partial charge in [0.1, 0.15) is 5.58 Å². The number of carbonyl (C=O) groups is 2. The van der Waals surface area contributed by atoms with E-state index in [0.717, 1.165) is 15.5 Å². The van der Waals surface area contributed by atoms with Crippen molar-refractivity contribution in [3.05, 3.63) is 100 Å². The van der Waals surface area contributed by atoms with E-state index in [0.29, 0.717) is 16.8 Å². The Balaban J connectivity index is 1.62. The standard InChI is InChI=1S/C26H20BrN3O4/c1-29(2)18-4-6-19(7-5-18)30-23(15-9-11-28-12-10-15)22(25(32)26(30)33)24(31)21-14-16-13-17(27)3-8-20(16)34-21/h3-14,23,32H,1-2H3. The molecule has 0 radical (unpaired) electrons. The average molecular weight is 518 g/mol. The maximum atomic E-state index is 13.6. The number of nitrogens with zero attached hydrogens (tertiary/aromatic N) is 3. The van der Waals surface area contributed by atoms with Crippen LogP contribution in [0.1, 0.15) is 22.2 Å². The van der Waals surface area contributed by atoms with Gasteiger partial charge in [0.05, 0.1) is 11.6 Å². The van der Waals surface area contributed by atoms with Gasteiger partial charge in [0.15, 0.2) is 11.5 Å². The first-order chi connectivity index (χ1) is 16.3. The van der Waals surface area contributed by atoms with E-state index in [1.165, 1.54) is 4.90 Å². The summed E-state index contributed by atoms with van der Waals surface area (Å²) < 4.78 is 6.63. The molecule has 34 heavy (non-hydrogen) atoms. The van der Waals surface area contributed by atoms with Gasteiger partial charge in [0.2, 0.25) is 5.78 Å². The molecular weight excluding hydrogens is 498 g/mol. The molecule has 2 aromatic heterocycles. The fraction of sp³-hybridized carbons (Fsp3) is 0.115. The highest BCUT2D eigenvalue weighted by molar-refractivity contribution is 9.10. The van der Waals surface area contributed by atoms with Crippen molar-refractivity contribution in [2.75, 3.05) is 23.9 Å². The number of amides is 1. The number of anilines is 2. The van der Waals surface area contributed by atoms with Crippen molar-refractivity contribution < 1.29 is 19.1 Å². The third-order valence-electron chi connectivity index (χ3n) is 5.82. The van der Waals surface area contributed by atoms with Gasteiger partial charge in [0, 0.05) is 47.7 Å². The van der Waals surface area contributed by atoms with Crippen LogP contribution >= 0.6 is 15.9 Å². The van der Waals surface area contributed by atoms with Gasteiger partial charge in [-0.1, -0.05) is 15.9 Å². The molecule has 0 bridgehead atoms. The Morgan fingerprint density at radius 1 is 1.06 bits per heavy atom. The van der Waals surface area contributed by atoms with E-state index >= 15 is 0 Å². The zero-order valence-corrected chi connectivity index (χ0v) is 20.0. The van der Waals surface area contributed by atoms with Crippen LogP contribution in [0.3, 0.4) is 0 Å². The summed E-state index contributed by atoms with van der Waals surface area (Å²) in [7, 11) is 3.84. The lowest BCUT2D eigenvalue weighted by Crippen LogP contribution is -2.31.